The third-order valence-corrected chi connectivity index (χ3v) is 6.28. The van der Waals surface area contributed by atoms with Gasteiger partial charge in [0.25, 0.3) is 0 Å². The Morgan fingerprint density at radius 2 is 1.00 bits per heavy atom. The van der Waals surface area contributed by atoms with Crippen LogP contribution < -0.4 is 0 Å². The summed E-state index contributed by atoms with van der Waals surface area (Å²) in [6.45, 7) is 10.3. The first kappa shape index (κ1) is 28.8. The van der Waals surface area contributed by atoms with E-state index >= 15 is 0 Å². The molecule has 0 bridgehead atoms. The van der Waals surface area contributed by atoms with Crippen LogP contribution in [0.5, 0.6) is 0 Å². The molecule has 0 aromatic heterocycles. The van der Waals surface area contributed by atoms with Crippen LogP contribution in [0.1, 0.15) is 130 Å². The highest BCUT2D eigenvalue weighted by atomic mass is 16.6. The number of rotatable bonds is 16. The molecule has 0 N–H and O–H groups in total. The van der Waals surface area contributed by atoms with Crippen molar-refractivity contribution in [2.75, 3.05) is 26.2 Å². The van der Waals surface area contributed by atoms with Crippen molar-refractivity contribution >= 4 is 12.0 Å². The fourth-order valence-corrected chi connectivity index (χ4v) is 4.27. The molecule has 2 amide bonds. The van der Waals surface area contributed by atoms with Gasteiger partial charge in [-0.1, -0.05) is 96.8 Å². The maximum atomic E-state index is 12.4. The molecule has 0 saturated carbocycles. The van der Waals surface area contributed by atoms with Crippen molar-refractivity contribution in [2.24, 2.45) is 0 Å². The molecule has 5 nitrogen and oxygen atoms in total. The Morgan fingerprint density at radius 1 is 0.625 bits per heavy atom. The topological polar surface area (TPSA) is 49.9 Å². The van der Waals surface area contributed by atoms with Crippen LogP contribution in [0.2, 0.25) is 0 Å². The van der Waals surface area contributed by atoms with E-state index in [9.17, 15) is 9.59 Å². The summed E-state index contributed by atoms with van der Waals surface area (Å²) in [5, 5.41) is 0. The smallest absolute Gasteiger partial charge is 0.410 e. The molecule has 0 spiro atoms. The zero-order chi connectivity index (χ0) is 23.7. The lowest BCUT2D eigenvalue weighted by Crippen LogP contribution is -2.51. The lowest BCUT2D eigenvalue weighted by molar-refractivity contribution is -0.133. The third kappa shape index (κ3) is 14.7. The lowest BCUT2D eigenvalue weighted by Gasteiger charge is -2.35. The minimum absolute atomic E-state index is 0.239. The number of hydrogen-bond donors (Lipinski definition) is 0. The summed E-state index contributed by atoms with van der Waals surface area (Å²) in [5.41, 5.74) is -0.475. The number of unbranched alkanes of at least 4 members (excludes halogenated alkanes) is 14. The maximum absolute atomic E-state index is 12.4. The number of hydrogen-bond acceptors (Lipinski definition) is 3. The van der Waals surface area contributed by atoms with Gasteiger partial charge in [0, 0.05) is 32.6 Å². The number of carbonyl (C=O) groups excluding carboxylic acids is 2. The normalized spacial score (nSPS) is 14.6. The van der Waals surface area contributed by atoms with Gasteiger partial charge in [0.2, 0.25) is 5.91 Å². The van der Waals surface area contributed by atoms with Crippen molar-refractivity contribution in [3.05, 3.63) is 0 Å². The van der Waals surface area contributed by atoms with Gasteiger partial charge in [-0.15, -0.1) is 0 Å². The molecule has 32 heavy (non-hydrogen) atoms. The zero-order valence-electron chi connectivity index (χ0n) is 21.8. The van der Waals surface area contributed by atoms with Crippen LogP contribution in [0.15, 0.2) is 0 Å². The molecule has 1 saturated heterocycles. The van der Waals surface area contributed by atoms with Gasteiger partial charge < -0.3 is 14.5 Å². The number of piperazine rings is 1. The minimum atomic E-state index is -0.475. The van der Waals surface area contributed by atoms with Crippen LogP contribution in [-0.2, 0) is 9.53 Å². The minimum Gasteiger partial charge on any atom is -0.444 e. The molecule has 0 atom stereocenters. The SMILES string of the molecule is CCCCCCCCCCCCCCCCCC(=O)N1CCN(C(=O)OC(C)(C)C)CC1. The molecule has 5 heteroatoms. The molecular formula is C27H52N2O3. The van der Waals surface area contributed by atoms with E-state index in [4.69, 9.17) is 4.74 Å². The van der Waals surface area contributed by atoms with Crippen molar-refractivity contribution in [1.29, 1.82) is 0 Å². The molecular weight excluding hydrogens is 400 g/mol. The highest BCUT2D eigenvalue weighted by Gasteiger charge is 2.27. The van der Waals surface area contributed by atoms with E-state index in [0.29, 0.717) is 32.6 Å². The third-order valence-electron chi connectivity index (χ3n) is 6.28. The summed E-state index contributed by atoms with van der Waals surface area (Å²) in [4.78, 5) is 28.2. The Balaban J connectivity index is 1.91. The standard InChI is InChI=1S/C27H52N2O3/c1-5-6-7-8-9-10-11-12-13-14-15-16-17-18-19-20-25(30)28-21-23-29(24-22-28)26(31)32-27(2,3)4/h5-24H2,1-4H3. The molecule has 188 valence electrons. The van der Waals surface area contributed by atoms with Crippen LogP contribution in [0.3, 0.4) is 0 Å². The molecule has 1 rings (SSSR count). The number of amides is 2. The van der Waals surface area contributed by atoms with Crippen molar-refractivity contribution in [1.82, 2.24) is 9.80 Å². The second kappa shape index (κ2) is 17.2. The van der Waals surface area contributed by atoms with Gasteiger partial charge in [-0.2, -0.15) is 0 Å². The van der Waals surface area contributed by atoms with Crippen LogP contribution in [0.4, 0.5) is 4.79 Å². The molecule has 1 aliphatic rings. The van der Waals surface area contributed by atoms with E-state index < -0.39 is 5.60 Å². The van der Waals surface area contributed by atoms with E-state index in [-0.39, 0.29) is 12.0 Å². The second-order valence-corrected chi connectivity index (χ2v) is 10.5. The van der Waals surface area contributed by atoms with Crippen molar-refractivity contribution in [3.63, 3.8) is 0 Å². The van der Waals surface area contributed by atoms with Crippen LogP contribution in [0.25, 0.3) is 0 Å². The molecule has 1 fully saturated rings. The fraction of sp³-hybridized carbons (Fsp3) is 0.926. The van der Waals surface area contributed by atoms with E-state index in [0.717, 1.165) is 12.8 Å². The summed E-state index contributed by atoms with van der Waals surface area (Å²) < 4.78 is 5.42. The Labute approximate surface area is 198 Å². The van der Waals surface area contributed by atoms with E-state index in [2.05, 4.69) is 6.92 Å². The molecule has 0 aromatic rings. The summed E-state index contributed by atoms with van der Waals surface area (Å²) in [7, 11) is 0. The first-order valence-electron chi connectivity index (χ1n) is 13.6. The predicted octanol–water partition coefficient (Wildman–Crippen LogP) is 7.33. The molecule has 0 unspecified atom stereocenters. The first-order valence-corrected chi connectivity index (χ1v) is 13.6. The zero-order valence-corrected chi connectivity index (χ0v) is 21.8. The Morgan fingerprint density at radius 3 is 1.41 bits per heavy atom. The monoisotopic (exact) mass is 452 g/mol. The van der Waals surface area contributed by atoms with Crippen molar-refractivity contribution < 1.29 is 14.3 Å². The first-order chi connectivity index (χ1) is 15.3. The van der Waals surface area contributed by atoms with Gasteiger partial charge in [0.1, 0.15) is 5.60 Å². The summed E-state index contributed by atoms with van der Waals surface area (Å²) in [6, 6.07) is 0. The van der Waals surface area contributed by atoms with Crippen LogP contribution >= 0.6 is 0 Å². The molecule has 0 radical (unpaired) electrons. The maximum Gasteiger partial charge on any atom is 0.410 e. The van der Waals surface area contributed by atoms with Gasteiger partial charge in [-0.25, -0.2) is 4.79 Å². The highest BCUT2D eigenvalue weighted by Crippen LogP contribution is 2.15. The average Bonchev–Trinajstić information content (AvgIpc) is 2.75. The summed E-state index contributed by atoms with van der Waals surface area (Å²) in [6.07, 6.45) is 20.4. The number of carbonyl (C=O) groups is 2. The van der Waals surface area contributed by atoms with Crippen molar-refractivity contribution in [3.8, 4) is 0 Å². The Kier molecular flexibility index (Phi) is 15.5. The lowest BCUT2D eigenvalue weighted by atomic mass is 10.0. The van der Waals surface area contributed by atoms with E-state index in [1.807, 2.05) is 25.7 Å². The number of nitrogens with zero attached hydrogens (tertiary/aromatic N) is 2. The highest BCUT2D eigenvalue weighted by molar-refractivity contribution is 5.76. The van der Waals surface area contributed by atoms with Gasteiger partial charge in [0.15, 0.2) is 0 Å². The summed E-state index contributed by atoms with van der Waals surface area (Å²) >= 11 is 0. The number of ether oxygens (including phenoxy) is 1. The quantitative estimate of drug-likeness (QED) is 0.230. The molecule has 0 aromatic carbocycles. The second-order valence-electron chi connectivity index (χ2n) is 10.5. The van der Waals surface area contributed by atoms with Gasteiger partial charge in [-0.05, 0) is 27.2 Å². The Hall–Kier alpha value is -1.26. The Bertz CT molecular complexity index is 494. The van der Waals surface area contributed by atoms with E-state index in [1.165, 1.54) is 83.5 Å². The van der Waals surface area contributed by atoms with Gasteiger partial charge >= 0.3 is 6.09 Å². The molecule has 0 aliphatic carbocycles. The van der Waals surface area contributed by atoms with Crippen molar-refractivity contribution in [2.45, 2.75) is 136 Å². The van der Waals surface area contributed by atoms with E-state index in [1.54, 1.807) is 4.90 Å². The molecule has 1 aliphatic heterocycles. The van der Waals surface area contributed by atoms with Gasteiger partial charge in [0.05, 0.1) is 0 Å². The average molecular weight is 453 g/mol. The fourth-order valence-electron chi connectivity index (χ4n) is 4.27. The summed E-state index contributed by atoms with van der Waals surface area (Å²) in [5.74, 6) is 0.239. The van der Waals surface area contributed by atoms with Crippen LogP contribution in [-0.4, -0.2) is 53.6 Å². The van der Waals surface area contributed by atoms with Gasteiger partial charge in [-0.3, -0.25) is 4.79 Å². The van der Waals surface area contributed by atoms with Crippen LogP contribution in [0, 0.1) is 0 Å². The largest absolute Gasteiger partial charge is 0.444 e. The predicted molar refractivity (Wildman–Crippen MR) is 134 cm³/mol. The molecule has 1 heterocycles.